The van der Waals surface area contributed by atoms with Crippen LogP contribution in [-0.4, -0.2) is 20.8 Å². The summed E-state index contributed by atoms with van der Waals surface area (Å²) in [4.78, 5) is 4.34. The van der Waals surface area contributed by atoms with E-state index in [2.05, 4.69) is 17.0 Å². The minimum absolute atomic E-state index is 0.357. The van der Waals surface area contributed by atoms with Gasteiger partial charge in [-0.05, 0) is 26.2 Å². The van der Waals surface area contributed by atoms with Crippen molar-refractivity contribution < 1.29 is 0 Å². The molecule has 0 saturated heterocycles. The van der Waals surface area contributed by atoms with Crippen LogP contribution in [0.1, 0.15) is 44.3 Å². The normalized spacial score (nSPS) is 27.9. The second-order valence-corrected chi connectivity index (χ2v) is 4.06. The number of aromatic nitrogens is 3. The van der Waals surface area contributed by atoms with E-state index in [0.29, 0.717) is 12.0 Å². The molecule has 1 aromatic rings. The molecule has 0 amide bonds. The maximum Gasteiger partial charge on any atom is 0.138 e. The first-order chi connectivity index (χ1) is 6.81. The van der Waals surface area contributed by atoms with Crippen molar-refractivity contribution in [2.45, 2.75) is 51.1 Å². The molecule has 2 rings (SSSR count). The Kier molecular flexibility index (Phi) is 2.82. The van der Waals surface area contributed by atoms with E-state index in [-0.39, 0.29) is 0 Å². The largest absolute Gasteiger partial charge is 0.328 e. The molecule has 2 N–H and O–H groups in total. The molecule has 1 saturated carbocycles. The van der Waals surface area contributed by atoms with Crippen molar-refractivity contribution in [3.8, 4) is 0 Å². The molecule has 0 aliphatic heterocycles. The Hall–Kier alpha value is -0.900. The standard InChI is InChI=1S/C10H18N4/c1-2-14-10(12-7-13-14)8-4-3-5-9(11)6-8/h7-9H,2-6,11H2,1H3. The van der Waals surface area contributed by atoms with Gasteiger partial charge in [0.25, 0.3) is 0 Å². The zero-order valence-corrected chi connectivity index (χ0v) is 8.69. The van der Waals surface area contributed by atoms with Crippen LogP contribution in [0.3, 0.4) is 0 Å². The van der Waals surface area contributed by atoms with Gasteiger partial charge in [-0.25, -0.2) is 4.98 Å². The molecule has 0 aromatic carbocycles. The Morgan fingerprint density at radius 3 is 3.14 bits per heavy atom. The van der Waals surface area contributed by atoms with Crippen LogP contribution < -0.4 is 5.73 Å². The van der Waals surface area contributed by atoms with Crippen molar-refractivity contribution in [2.24, 2.45) is 5.73 Å². The van der Waals surface area contributed by atoms with Gasteiger partial charge in [-0.1, -0.05) is 6.42 Å². The van der Waals surface area contributed by atoms with Crippen LogP contribution in [0, 0.1) is 0 Å². The second-order valence-electron chi connectivity index (χ2n) is 4.06. The fourth-order valence-electron chi connectivity index (χ4n) is 2.30. The molecule has 14 heavy (non-hydrogen) atoms. The van der Waals surface area contributed by atoms with E-state index in [0.717, 1.165) is 25.2 Å². The summed E-state index contributed by atoms with van der Waals surface area (Å²) in [6.45, 7) is 3.00. The number of nitrogens with zero attached hydrogens (tertiary/aromatic N) is 3. The molecule has 2 atom stereocenters. The molecule has 4 nitrogen and oxygen atoms in total. The zero-order valence-electron chi connectivity index (χ0n) is 8.69. The van der Waals surface area contributed by atoms with Crippen LogP contribution in [0.4, 0.5) is 0 Å². The summed E-state index contributed by atoms with van der Waals surface area (Å²) in [5.41, 5.74) is 5.97. The van der Waals surface area contributed by atoms with Gasteiger partial charge < -0.3 is 5.73 Å². The van der Waals surface area contributed by atoms with Gasteiger partial charge in [0.05, 0.1) is 0 Å². The average Bonchev–Trinajstić information content (AvgIpc) is 2.65. The van der Waals surface area contributed by atoms with Gasteiger partial charge in [-0.3, -0.25) is 4.68 Å². The highest BCUT2D eigenvalue weighted by atomic mass is 15.3. The Balaban J connectivity index is 2.13. The monoisotopic (exact) mass is 194 g/mol. The minimum Gasteiger partial charge on any atom is -0.328 e. The van der Waals surface area contributed by atoms with Gasteiger partial charge in [-0.15, -0.1) is 0 Å². The lowest BCUT2D eigenvalue weighted by Crippen LogP contribution is -2.28. The van der Waals surface area contributed by atoms with E-state index in [9.17, 15) is 0 Å². The average molecular weight is 194 g/mol. The molecule has 1 aromatic heterocycles. The Morgan fingerprint density at radius 1 is 1.57 bits per heavy atom. The second kappa shape index (κ2) is 4.09. The Bertz CT molecular complexity index is 294. The number of hydrogen-bond donors (Lipinski definition) is 1. The molecule has 1 aliphatic carbocycles. The van der Waals surface area contributed by atoms with E-state index < -0.39 is 0 Å². The van der Waals surface area contributed by atoms with Crippen LogP contribution >= 0.6 is 0 Å². The van der Waals surface area contributed by atoms with Gasteiger partial charge >= 0.3 is 0 Å². The lowest BCUT2D eigenvalue weighted by atomic mass is 9.85. The van der Waals surface area contributed by atoms with Crippen molar-refractivity contribution in [3.63, 3.8) is 0 Å². The minimum atomic E-state index is 0.357. The molecular weight excluding hydrogens is 176 g/mol. The molecule has 0 spiro atoms. The van der Waals surface area contributed by atoms with Crippen LogP contribution in [-0.2, 0) is 6.54 Å². The molecule has 4 heteroatoms. The highest BCUT2D eigenvalue weighted by Crippen LogP contribution is 2.30. The summed E-state index contributed by atoms with van der Waals surface area (Å²) in [5, 5.41) is 4.20. The van der Waals surface area contributed by atoms with E-state index >= 15 is 0 Å². The van der Waals surface area contributed by atoms with Gasteiger partial charge in [0.15, 0.2) is 0 Å². The number of nitrogens with two attached hydrogens (primary N) is 1. The number of rotatable bonds is 2. The molecule has 78 valence electrons. The van der Waals surface area contributed by atoms with Crippen molar-refractivity contribution in [1.82, 2.24) is 14.8 Å². The first-order valence-electron chi connectivity index (χ1n) is 5.44. The first-order valence-corrected chi connectivity index (χ1v) is 5.44. The Labute approximate surface area is 84.5 Å². The fraction of sp³-hybridized carbons (Fsp3) is 0.800. The molecule has 1 fully saturated rings. The molecule has 0 radical (unpaired) electrons. The number of hydrogen-bond acceptors (Lipinski definition) is 3. The fourth-order valence-corrected chi connectivity index (χ4v) is 2.30. The van der Waals surface area contributed by atoms with E-state index in [1.165, 1.54) is 12.8 Å². The van der Waals surface area contributed by atoms with Gasteiger partial charge in [0.2, 0.25) is 0 Å². The summed E-state index contributed by atoms with van der Waals surface area (Å²) >= 11 is 0. The highest BCUT2D eigenvalue weighted by molar-refractivity contribution is 4.99. The van der Waals surface area contributed by atoms with Crippen molar-refractivity contribution in [1.29, 1.82) is 0 Å². The third-order valence-corrected chi connectivity index (χ3v) is 3.02. The van der Waals surface area contributed by atoms with Gasteiger partial charge in [0, 0.05) is 18.5 Å². The molecule has 1 aliphatic rings. The maximum atomic E-state index is 5.97. The summed E-state index contributed by atoms with van der Waals surface area (Å²) < 4.78 is 1.99. The highest BCUT2D eigenvalue weighted by Gasteiger charge is 2.24. The quantitative estimate of drug-likeness (QED) is 0.771. The zero-order chi connectivity index (χ0) is 9.97. The van der Waals surface area contributed by atoms with Gasteiger partial charge in [-0.2, -0.15) is 5.10 Å². The summed E-state index contributed by atoms with van der Waals surface area (Å²) in [5.74, 6) is 1.66. The summed E-state index contributed by atoms with van der Waals surface area (Å²) in [6, 6.07) is 0.357. The van der Waals surface area contributed by atoms with Crippen molar-refractivity contribution >= 4 is 0 Å². The predicted octanol–water partition coefficient (Wildman–Crippen LogP) is 1.28. The Morgan fingerprint density at radius 2 is 2.43 bits per heavy atom. The smallest absolute Gasteiger partial charge is 0.138 e. The van der Waals surface area contributed by atoms with Crippen molar-refractivity contribution in [2.75, 3.05) is 0 Å². The van der Waals surface area contributed by atoms with Gasteiger partial charge in [0.1, 0.15) is 12.2 Å². The van der Waals surface area contributed by atoms with E-state index in [1.807, 2.05) is 4.68 Å². The molecule has 1 heterocycles. The molecular formula is C10H18N4. The SMILES string of the molecule is CCn1ncnc1C1CCCC(N)C1. The predicted molar refractivity (Wildman–Crippen MR) is 54.9 cm³/mol. The maximum absolute atomic E-state index is 5.97. The number of aryl methyl sites for hydroxylation is 1. The van der Waals surface area contributed by atoms with Crippen LogP contribution in [0.15, 0.2) is 6.33 Å². The van der Waals surface area contributed by atoms with Crippen LogP contribution in [0.25, 0.3) is 0 Å². The summed E-state index contributed by atoms with van der Waals surface area (Å²) in [7, 11) is 0. The lowest BCUT2D eigenvalue weighted by molar-refractivity contribution is 0.370. The van der Waals surface area contributed by atoms with Crippen LogP contribution in [0.5, 0.6) is 0 Å². The lowest BCUT2D eigenvalue weighted by Gasteiger charge is -2.25. The third kappa shape index (κ3) is 1.80. The first kappa shape index (κ1) is 9.65. The van der Waals surface area contributed by atoms with E-state index in [1.54, 1.807) is 6.33 Å². The third-order valence-electron chi connectivity index (χ3n) is 3.02. The molecule has 2 unspecified atom stereocenters. The summed E-state index contributed by atoms with van der Waals surface area (Å²) in [6.07, 6.45) is 6.32. The molecule has 0 bridgehead atoms. The topological polar surface area (TPSA) is 56.7 Å². The van der Waals surface area contributed by atoms with Crippen molar-refractivity contribution in [3.05, 3.63) is 12.2 Å². The van der Waals surface area contributed by atoms with E-state index in [4.69, 9.17) is 5.73 Å². The van der Waals surface area contributed by atoms with Crippen LogP contribution in [0.2, 0.25) is 0 Å².